The molecule has 2 heterocycles. The van der Waals surface area contributed by atoms with Crippen molar-refractivity contribution in [1.29, 1.82) is 0 Å². The summed E-state index contributed by atoms with van der Waals surface area (Å²) in [5, 5.41) is 7.48. The van der Waals surface area contributed by atoms with Crippen molar-refractivity contribution in [2.75, 3.05) is 40.4 Å². The molecule has 154 valence electrons. The van der Waals surface area contributed by atoms with Crippen LogP contribution < -0.4 is 5.32 Å². The lowest BCUT2D eigenvalue weighted by molar-refractivity contribution is -0.146. The Kier molecular flexibility index (Phi) is 8.48. The fourth-order valence-electron chi connectivity index (χ4n) is 3.77. The van der Waals surface area contributed by atoms with Crippen molar-refractivity contribution in [3.8, 4) is 11.3 Å². The molecule has 1 aromatic heterocycles. The summed E-state index contributed by atoms with van der Waals surface area (Å²) in [6.45, 7) is 2.91. The van der Waals surface area contributed by atoms with E-state index in [9.17, 15) is 4.79 Å². The van der Waals surface area contributed by atoms with Gasteiger partial charge in [0.25, 0.3) is 0 Å². The van der Waals surface area contributed by atoms with Crippen molar-refractivity contribution in [1.82, 2.24) is 15.4 Å². The van der Waals surface area contributed by atoms with E-state index in [-0.39, 0.29) is 23.7 Å². The fraction of sp³-hybridized carbons (Fsp3) is 0.524. The van der Waals surface area contributed by atoms with E-state index < -0.39 is 0 Å². The van der Waals surface area contributed by atoms with Gasteiger partial charge in [-0.2, -0.15) is 0 Å². The van der Waals surface area contributed by atoms with E-state index >= 15 is 0 Å². The Balaban J connectivity index is 0.00000280. The molecule has 7 heteroatoms. The first-order valence-electron chi connectivity index (χ1n) is 9.61. The van der Waals surface area contributed by atoms with Crippen LogP contribution in [-0.4, -0.2) is 56.4 Å². The predicted molar refractivity (Wildman–Crippen MR) is 112 cm³/mol. The third kappa shape index (κ3) is 5.34. The Morgan fingerprint density at radius 3 is 2.68 bits per heavy atom. The molecule has 3 rings (SSSR count). The molecule has 0 radical (unpaired) electrons. The minimum absolute atomic E-state index is 0. The molecular weight excluding hydrogens is 378 g/mol. The zero-order valence-corrected chi connectivity index (χ0v) is 17.5. The standard InChI is InChI=1S/C21H29N3O3.ClH/c1-24(20(25)21(16-26-2)10-12-22-13-11-21)14-6-9-18-15-19(23-27-18)17-7-4-3-5-8-17;/h3-5,7-8,15,22H,6,9-14,16H2,1-2H3;1H. The SMILES string of the molecule is COCC1(C(=O)N(C)CCCc2cc(-c3ccccc3)no2)CCNCC1.Cl. The number of piperidine rings is 1. The number of nitrogens with zero attached hydrogens (tertiary/aromatic N) is 2. The molecule has 0 aliphatic carbocycles. The second kappa shape index (κ2) is 10.6. The highest BCUT2D eigenvalue weighted by atomic mass is 35.5. The van der Waals surface area contributed by atoms with E-state index in [2.05, 4.69) is 10.5 Å². The van der Waals surface area contributed by atoms with Crippen LogP contribution >= 0.6 is 12.4 Å². The smallest absolute Gasteiger partial charge is 0.230 e. The summed E-state index contributed by atoms with van der Waals surface area (Å²) in [5.74, 6) is 1.04. The van der Waals surface area contributed by atoms with E-state index in [0.717, 1.165) is 55.8 Å². The number of hydrogen-bond acceptors (Lipinski definition) is 5. The van der Waals surface area contributed by atoms with Gasteiger partial charge in [-0.25, -0.2) is 0 Å². The zero-order chi connectivity index (χ0) is 19.1. The van der Waals surface area contributed by atoms with Crippen molar-refractivity contribution >= 4 is 18.3 Å². The van der Waals surface area contributed by atoms with Crippen LogP contribution in [0.2, 0.25) is 0 Å². The Morgan fingerprint density at radius 2 is 2.00 bits per heavy atom. The van der Waals surface area contributed by atoms with Gasteiger partial charge in [0.1, 0.15) is 11.5 Å². The largest absolute Gasteiger partial charge is 0.384 e. The van der Waals surface area contributed by atoms with Crippen LogP contribution in [0.1, 0.15) is 25.0 Å². The van der Waals surface area contributed by atoms with Crippen molar-refractivity contribution < 1.29 is 14.1 Å². The highest BCUT2D eigenvalue weighted by Gasteiger charge is 2.41. The topological polar surface area (TPSA) is 67.6 Å². The predicted octanol–water partition coefficient (Wildman–Crippen LogP) is 3.17. The molecule has 0 spiro atoms. The van der Waals surface area contributed by atoms with Crippen LogP contribution in [0.3, 0.4) is 0 Å². The number of hydrogen-bond donors (Lipinski definition) is 1. The summed E-state index contributed by atoms with van der Waals surface area (Å²) in [6, 6.07) is 12.0. The number of aryl methyl sites for hydroxylation is 1. The zero-order valence-electron chi connectivity index (χ0n) is 16.6. The number of ether oxygens (including phenoxy) is 1. The average Bonchev–Trinajstić information content (AvgIpc) is 3.18. The third-order valence-corrected chi connectivity index (χ3v) is 5.33. The third-order valence-electron chi connectivity index (χ3n) is 5.33. The van der Waals surface area contributed by atoms with E-state index in [0.29, 0.717) is 13.2 Å². The van der Waals surface area contributed by atoms with Crippen LogP contribution in [0.15, 0.2) is 40.9 Å². The number of methoxy groups -OCH3 is 1. The molecule has 0 saturated carbocycles. The highest BCUT2D eigenvalue weighted by Crippen LogP contribution is 2.31. The van der Waals surface area contributed by atoms with Gasteiger partial charge in [-0.3, -0.25) is 4.79 Å². The maximum atomic E-state index is 13.0. The molecular formula is C21H30ClN3O3. The van der Waals surface area contributed by atoms with Crippen molar-refractivity contribution in [3.63, 3.8) is 0 Å². The quantitative estimate of drug-likeness (QED) is 0.727. The minimum atomic E-state index is -0.387. The van der Waals surface area contributed by atoms with Crippen molar-refractivity contribution in [2.24, 2.45) is 5.41 Å². The lowest BCUT2D eigenvalue weighted by Gasteiger charge is -2.38. The summed E-state index contributed by atoms with van der Waals surface area (Å²) in [5.41, 5.74) is 1.51. The molecule has 0 atom stereocenters. The first-order chi connectivity index (χ1) is 13.1. The summed E-state index contributed by atoms with van der Waals surface area (Å²) in [7, 11) is 3.56. The summed E-state index contributed by atoms with van der Waals surface area (Å²) >= 11 is 0. The number of amides is 1. The molecule has 1 aromatic carbocycles. The van der Waals surface area contributed by atoms with Crippen LogP contribution in [0, 0.1) is 5.41 Å². The molecule has 1 amide bonds. The summed E-state index contributed by atoms with van der Waals surface area (Å²) < 4.78 is 10.8. The van der Waals surface area contributed by atoms with Gasteiger partial charge in [0, 0.05) is 38.8 Å². The van der Waals surface area contributed by atoms with Gasteiger partial charge in [0.05, 0.1) is 12.0 Å². The first kappa shape index (κ1) is 22.4. The molecule has 28 heavy (non-hydrogen) atoms. The molecule has 1 fully saturated rings. The first-order valence-corrected chi connectivity index (χ1v) is 9.61. The molecule has 0 bridgehead atoms. The van der Waals surface area contributed by atoms with Gasteiger partial charge in [-0.1, -0.05) is 35.5 Å². The number of halogens is 1. The Labute approximate surface area is 173 Å². The Morgan fingerprint density at radius 1 is 1.29 bits per heavy atom. The van der Waals surface area contributed by atoms with Gasteiger partial charge in [0.15, 0.2) is 0 Å². The second-order valence-electron chi connectivity index (χ2n) is 7.34. The molecule has 1 saturated heterocycles. The summed E-state index contributed by atoms with van der Waals surface area (Å²) in [6.07, 6.45) is 3.25. The van der Waals surface area contributed by atoms with Gasteiger partial charge < -0.3 is 19.5 Å². The highest BCUT2D eigenvalue weighted by molar-refractivity contribution is 5.85. The van der Waals surface area contributed by atoms with Gasteiger partial charge in [-0.05, 0) is 32.4 Å². The lowest BCUT2D eigenvalue weighted by Crippen LogP contribution is -2.50. The van der Waals surface area contributed by atoms with Crippen LogP contribution in [0.25, 0.3) is 11.3 Å². The maximum Gasteiger partial charge on any atom is 0.230 e. The van der Waals surface area contributed by atoms with Gasteiger partial charge >= 0.3 is 0 Å². The average molecular weight is 408 g/mol. The van der Waals surface area contributed by atoms with Crippen molar-refractivity contribution in [2.45, 2.75) is 25.7 Å². The van der Waals surface area contributed by atoms with Gasteiger partial charge in [0.2, 0.25) is 5.91 Å². The van der Waals surface area contributed by atoms with Crippen molar-refractivity contribution in [3.05, 3.63) is 42.2 Å². The molecule has 0 unspecified atom stereocenters. The van der Waals surface area contributed by atoms with E-state index in [1.54, 1.807) is 7.11 Å². The Bertz CT molecular complexity index is 724. The van der Waals surface area contributed by atoms with E-state index in [4.69, 9.17) is 9.26 Å². The van der Waals surface area contributed by atoms with E-state index in [1.165, 1.54) is 0 Å². The monoisotopic (exact) mass is 407 g/mol. The fourth-order valence-corrected chi connectivity index (χ4v) is 3.77. The molecule has 6 nitrogen and oxygen atoms in total. The normalized spacial score (nSPS) is 15.6. The van der Waals surface area contributed by atoms with Crippen LogP contribution in [0.4, 0.5) is 0 Å². The lowest BCUT2D eigenvalue weighted by atomic mass is 9.78. The van der Waals surface area contributed by atoms with E-state index in [1.807, 2.05) is 48.3 Å². The number of carbonyl (C=O) groups excluding carboxylic acids is 1. The number of carbonyl (C=O) groups is 1. The molecule has 1 aliphatic rings. The minimum Gasteiger partial charge on any atom is -0.384 e. The van der Waals surface area contributed by atoms with Crippen LogP contribution in [0.5, 0.6) is 0 Å². The van der Waals surface area contributed by atoms with Gasteiger partial charge in [-0.15, -0.1) is 12.4 Å². The molecule has 2 aromatic rings. The maximum absolute atomic E-state index is 13.0. The van der Waals surface area contributed by atoms with Crippen LogP contribution in [-0.2, 0) is 16.0 Å². The number of aromatic nitrogens is 1. The Hall–Kier alpha value is -1.89. The summed E-state index contributed by atoms with van der Waals surface area (Å²) in [4.78, 5) is 14.9. The molecule has 1 aliphatic heterocycles. The number of benzene rings is 1. The number of rotatable bonds is 8. The molecule has 1 N–H and O–H groups in total. The number of nitrogens with one attached hydrogen (secondary N) is 1. The second-order valence-corrected chi connectivity index (χ2v) is 7.34.